The van der Waals surface area contributed by atoms with Gasteiger partial charge in [0.1, 0.15) is 12.2 Å². The molecule has 0 radical (unpaired) electrons. The molecule has 3 aliphatic carbocycles. The molecule has 3 aliphatic rings. The van der Waals surface area contributed by atoms with E-state index in [4.69, 9.17) is 0 Å². The van der Waals surface area contributed by atoms with Gasteiger partial charge in [0, 0.05) is 6.42 Å². The number of hydrogen-bond acceptors (Lipinski definition) is 3. The quantitative estimate of drug-likeness (QED) is 0.501. The summed E-state index contributed by atoms with van der Waals surface area (Å²) in [6.45, 7) is 15.8. The predicted octanol–water partition coefficient (Wildman–Crippen LogP) is 5.58. The Balaban J connectivity index is 1.78. The Labute approximate surface area is 189 Å². The molecule has 0 aromatic rings. The SMILES string of the molecule is C=C1CC(O)[C@H](O)C(O)C1=CC=C1CCC[C@@]2(C)C1CC[C@@H]2[C@H](C)/C=C/[C@H](C)C(C)C. The molecular formula is C28H44O3. The van der Waals surface area contributed by atoms with E-state index >= 15 is 0 Å². The molecule has 0 spiro atoms. The van der Waals surface area contributed by atoms with Crippen LogP contribution in [0.25, 0.3) is 0 Å². The van der Waals surface area contributed by atoms with Crippen LogP contribution in [0.2, 0.25) is 0 Å². The summed E-state index contributed by atoms with van der Waals surface area (Å²) in [5.74, 6) is 3.18. The number of rotatable bonds is 5. The predicted molar refractivity (Wildman–Crippen MR) is 128 cm³/mol. The van der Waals surface area contributed by atoms with Crippen molar-refractivity contribution < 1.29 is 15.3 Å². The van der Waals surface area contributed by atoms with Crippen LogP contribution in [0.1, 0.15) is 73.1 Å². The molecule has 31 heavy (non-hydrogen) atoms. The lowest BCUT2D eigenvalue weighted by molar-refractivity contribution is -0.0531. The number of allylic oxidation sites excluding steroid dienone is 5. The van der Waals surface area contributed by atoms with Gasteiger partial charge in [-0.25, -0.2) is 0 Å². The minimum Gasteiger partial charge on any atom is -0.390 e. The maximum Gasteiger partial charge on any atom is 0.110 e. The Hall–Kier alpha value is -1.16. The van der Waals surface area contributed by atoms with Gasteiger partial charge >= 0.3 is 0 Å². The molecule has 3 unspecified atom stereocenters. The monoisotopic (exact) mass is 428 g/mol. The van der Waals surface area contributed by atoms with Gasteiger partial charge in [0.25, 0.3) is 0 Å². The number of aliphatic hydroxyl groups excluding tert-OH is 3. The van der Waals surface area contributed by atoms with Crippen LogP contribution in [0.5, 0.6) is 0 Å². The van der Waals surface area contributed by atoms with Crippen molar-refractivity contribution in [3.05, 3.63) is 47.6 Å². The molecular weight excluding hydrogens is 384 g/mol. The highest BCUT2D eigenvalue weighted by atomic mass is 16.4. The van der Waals surface area contributed by atoms with Crippen molar-refractivity contribution in [1.29, 1.82) is 0 Å². The molecule has 174 valence electrons. The summed E-state index contributed by atoms with van der Waals surface area (Å²) in [6.07, 6.45) is 12.3. The van der Waals surface area contributed by atoms with E-state index in [0.29, 0.717) is 47.0 Å². The first-order valence-corrected chi connectivity index (χ1v) is 12.4. The zero-order valence-electron chi connectivity index (χ0n) is 20.2. The summed E-state index contributed by atoms with van der Waals surface area (Å²) >= 11 is 0. The Kier molecular flexibility index (Phi) is 7.71. The summed E-state index contributed by atoms with van der Waals surface area (Å²) < 4.78 is 0. The van der Waals surface area contributed by atoms with Crippen molar-refractivity contribution in [3.8, 4) is 0 Å². The highest BCUT2D eigenvalue weighted by Crippen LogP contribution is 2.59. The van der Waals surface area contributed by atoms with Gasteiger partial charge in [-0.05, 0) is 78.3 Å². The van der Waals surface area contributed by atoms with E-state index in [0.717, 1.165) is 12.0 Å². The minimum atomic E-state index is -1.14. The minimum absolute atomic E-state index is 0.315. The van der Waals surface area contributed by atoms with E-state index < -0.39 is 18.3 Å². The summed E-state index contributed by atoms with van der Waals surface area (Å²) in [5, 5.41) is 30.4. The first kappa shape index (κ1) is 24.5. The van der Waals surface area contributed by atoms with Crippen molar-refractivity contribution >= 4 is 0 Å². The second-order valence-electron chi connectivity index (χ2n) is 11.1. The summed E-state index contributed by atoms with van der Waals surface area (Å²) in [6, 6.07) is 0. The molecule has 0 bridgehead atoms. The van der Waals surface area contributed by atoms with E-state index in [9.17, 15) is 15.3 Å². The van der Waals surface area contributed by atoms with Gasteiger partial charge in [0.2, 0.25) is 0 Å². The Bertz CT molecular complexity index is 745. The fraction of sp³-hybridized carbons (Fsp3) is 0.714. The maximum absolute atomic E-state index is 10.4. The molecule has 0 aromatic heterocycles. The molecule has 3 N–H and O–H groups in total. The Morgan fingerprint density at radius 1 is 1.03 bits per heavy atom. The van der Waals surface area contributed by atoms with Gasteiger partial charge in [0.05, 0.1) is 6.10 Å². The third-order valence-corrected chi connectivity index (χ3v) is 8.82. The standard InChI is InChI=1S/C28H44O3/c1-17(2)18(3)9-10-19(4)23-13-14-24-21(8-7-15-28(23,24)6)11-12-22-20(5)16-25(29)27(31)26(22)30/h9-12,17-19,23-27,29-31H,5,7-8,13-16H2,1-4,6H3/b10-9+,21-11?,22-12?/t18-,19+,23+,24?,25?,26?,27-,28+/m0/s1. The third-order valence-electron chi connectivity index (χ3n) is 8.82. The first-order valence-electron chi connectivity index (χ1n) is 12.4. The molecule has 3 fully saturated rings. The van der Waals surface area contributed by atoms with E-state index in [1.54, 1.807) is 0 Å². The van der Waals surface area contributed by atoms with Crippen molar-refractivity contribution in [2.45, 2.75) is 91.5 Å². The third kappa shape index (κ3) is 4.94. The van der Waals surface area contributed by atoms with Gasteiger partial charge in [-0.1, -0.05) is 71.1 Å². The second-order valence-corrected chi connectivity index (χ2v) is 11.1. The van der Waals surface area contributed by atoms with Crippen molar-refractivity contribution in [2.75, 3.05) is 0 Å². The Morgan fingerprint density at radius 3 is 2.42 bits per heavy atom. The van der Waals surface area contributed by atoms with Crippen LogP contribution in [-0.2, 0) is 0 Å². The molecule has 8 atom stereocenters. The lowest BCUT2D eigenvalue weighted by atomic mass is 9.61. The molecule has 3 heteroatoms. The lowest BCUT2D eigenvalue weighted by Gasteiger charge is -2.44. The molecule has 3 rings (SSSR count). The van der Waals surface area contributed by atoms with Gasteiger partial charge in [-0.3, -0.25) is 0 Å². The molecule has 0 amide bonds. The van der Waals surface area contributed by atoms with Crippen LogP contribution < -0.4 is 0 Å². The van der Waals surface area contributed by atoms with Gasteiger partial charge in [-0.15, -0.1) is 0 Å². The number of fused-ring (bicyclic) bond motifs is 1. The van der Waals surface area contributed by atoms with Crippen molar-refractivity contribution in [3.63, 3.8) is 0 Å². The highest BCUT2D eigenvalue weighted by Gasteiger charge is 2.50. The van der Waals surface area contributed by atoms with Gasteiger partial charge < -0.3 is 15.3 Å². The van der Waals surface area contributed by atoms with E-state index in [1.165, 1.54) is 31.3 Å². The van der Waals surface area contributed by atoms with Crippen molar-refractivity contribution in [2.24, 2.45) is 35.0 Å². The second kappa shape index (κ2) is 9.77. The van der Waals surface area contributed by atoms with E-state index in [-0.39, 0.29) is 0 Å². The molecule has 0 saturated heterocycles. The van der Waals surface area contributed by atoms with Crippen LogP contribution >= 0.6 is 0 Å². The fourth-order valence-corrected chi connectivity index (χ4v) is 6.36. The normalized spacial score (nSPS) is 41.3. The van der Waals surface area contributed by atoms with Crippen LogP contribution in [0.15, 0.2) is 47.6 Å². The highest BCUT2D eigenvalue weighted by molar-refractivity contribution is 5.40. The summed E-state index contributed by atoms with van der Waals surface area (Å²) in [4.78, 5) is 0. The smallest absolute Gasteiger partial charge is 0.110 e. The Morgan fingerprint density at radius 2 is 1.74 bits per heavy atom. The molecule has 3 nitrogen and oxygen atoms in total. The van der Waals surface area contributed by atoms with Crippen LogP contribution in [0.4, 0.5) is 0 Å². The lowest BCUT2D eigenvalue weighted by Crippen LogP contribution is -2.43. The number of aliphatic hydroxyl groups is 3. The van der Waals surface area contributed by atoms with Crippen LogP contribution in [-0.4, -0.2) is 33.6 Å². The van der Waals surface area contributed by atoms with Crippen LogP contribution in [0, 0.1) is 35.0 Å². The molecule has 0 aromatic carbocycles. The van der Waals surface area contributed by atoms with E-state index in [2.05, 4.69) is 59.4 Å². The number of hydrogen-bond donors (Lipinski definition) is 3. The topological polar surface area (TPSA) is 60.7 Å². The molecule has 0 heterocycles. The molecule has 0 aliphatic heterocycles. The fourth-order valence-electron chi connectivity index (χ4n) is 6.36. The zero-order valence-corrected chi connectivity index (χ0v) is 20.2. The largest absolute Gasteiger partial charge is 0.390 e. The van der Waals surface area contributed by atoms with Gasteiger partial charge in [0.15, 0.2) is 0 Å². The average molecular weight is 429 g/mol. The van der Waals surface area contributed by atoms with E-state index in [1.807, 2.05) is 6.08 Å². The van der Waals surface area contributed by atoms with Gasteiger partial charge in [-0.2, -0.15) is 0 Å². The first-order chi connectivity index (χ1) is 14.6. The summed E-state index contributed by atoms with van der Waals surface area (Å²) in [7, 11) is 0. The van der Waals surface area contributed by atoms with Crippen LogP contribution in [0.3, 0.4) is 0 Å². The molecule has 3 saturated carbocycles. The average Bonchev–Trinajstić information content (AvgIpc) is 3.07. The zero-order chi connectivity index (χ0) is 22.9. The maximum atomic E-state index is 10.4. The summed E-state index contributed by atoms with van der Waals surface area (Å²) in [5.41, 5.74) is 3.20. The van der Waals surface area contributed by atoms with Crippen molar-refractivity contribution in [1.82, 2.24) is 0 Å².